The summed E-state index contributed by atoms with van der Waals surface area (Å²) in [5.41, 5.74) is 15.6. The maximum absolute atomic E-state index is 14.1. The minimum atomic E-state index is -0.974. The first-order valence-electron chi connectivity index (χ1n) is 23.2. The quantitative estimate of drug-likeness (QED) is 0.0620. The molecule has 0 bridgehead atoms. The molecule has 360 valence electrons. The van der Waals surface area contributed by atoms with Gasteiger partial charge in [-0.1, -0.05) is 80.5 Å². The molecule has 0 aliphatic carbocycles. The normalized spacial score (nSPS) is 15.4. The van der Waals surface area contributed by atoms with E-state index in [0.717, 1.165) is 60.2 Å². The van der Waals surface area contributed by atoms with E-state index in [9.17, 15) is 24.3 Å². The van der Waals surface area contributed by atoms with Crippen molar-refractivity contribution < 1.29 is 38.3 Å². The van der Waals surface area contributed by atoms with Crippen molar-refractivity contribution in [2.45, 2.75) is 92.1 Å². The molecule has 0 radical (unpaired) electrons. The molecule has 1 unspecified atom stereocenters. The third-order valence-corrected chi connectivity index (χ3v) is 13.6. The first-order valence-corrected chi connectivity index (χ1v) is 24.1. The molecule has 8 rings (SSSR count). The van der Waals surface area contributed by atoms with Gasteiger partial charge in [-0.25, -0.2) is 4.98 Å². The summed E-state index contributed by atoms with van der Waals surface area (Å²) in [7, 11) is 0. The molecule has 3 atom stereocenters. The number of carbonyl (C=O) groups excluding carboxylic acids is 4. The van der Waals surface area contributed by atoms with E-state index in [1.165, 1.54) is 4.90 Å². The number of carbonyl (C=O) groups is 4. The molecule has 0 saturated carbocycles. The number of fused-ring (bicyclic) bond motifs is 3. The van der Waals surface area contributed by atoms with Gasteiger partial charge in [0, 0.05) is 60.1 Å². The number of unbranched alkanes of at least 4 members (excludes halogenated alkanes) is 1. The van der Waals surface area contributed by atoms with Gasteiger partial charge in [-0.3, -0.25) is 19.2 Å². The molecule has 3 aromatic heterocycles. The van der Waals surface area contributed by atoms with Crippen molar-refractivity contribution in [2.24, 2.45) is 11.1 Å². The average Bonchev–Trinajstić information content (AvgIpc) is 4.10. The number of aliphatic hydroxyl groups is 1. The molecule has 4 aromatic carbocycles. The Balaban J connectivity index is 0.852. The van der Waals surface area contributed by atoms with E-state index in [0.29, 0.717) is 48.8 Å². The second-order valence-corrected chi connectivity index (χ2v) is 19.6. The van der Waals surface area contributed by atoms with E-state index in [4.69, 9.17) is 19.7 Å². The Bertz CT molecular complexity index is 2970. The highest BCUT2D eigenvalue weighted by atomic mass is 32.1. The summed E-state index contributed by atoms with van der Waals surface area (Å²) in [5.74, 6) is -0.561. The number of nitrogens with zero attached hydrogens (tertiary/aromatic N) is 4. The molecule has 7 aromatic rings. The predicted molar refractivity (Wildman–Crippen MR) is 266 cm³/mol. The van der Waals surface area contributed by atoms with E-state index in [2.05, 4.69) is 43.5 Å². The number of hydrogen-bond donors (Lipinski definition) is 4. The molecule has 16 heteroatoms. The third-order valence-electron chi connectivity index (χ3n) is 12.6. The highest BCUT2D eigenvalue weighted by Crippen LogP contribution is 2.39. The second-order valence-electron chi connectivity index (χ2n) is 18.8. The molecular weight excluding hydrogens is 895 g/mol. The zero-order valence-corrected chi connectivity index (χ0v) is 40.7. The van der Waals surface area contributed by atoms with Gasteiger partial charge < -0.3 is 44.9 Å². The number of amides is 4. The first-order chi connectivity index (χ1) is 33.1. The fourth-order valence-electron chi connectivity index (χ4n) is 9.11. The summed E-state index contributed by atoms with van der Waals surface area (Å²) in [6, 6.07) is 25.8. The Labute approximate surface area is 405 Å². The number of nitrogens with one attached hydrogen (secondary N) is 2. The summed E-state index contributed by atoms with van der Waals surface area (Å²) in [5, 5.41) is 22.1. The maximum atomic E-state index is 14.1. The number of ether oxygens (including phenoxy) is 2. The van der Waals surface area contributed by atoms with Crippen molar-refractivity contribution in [1.29, 1.82) is 0 Å². The molecule has 4 heterocycles. The second kappa shape index (κ2) is 20.8. The number of rotatable bonds is 18. The molecule has 4 amide bonds. The standard InChI is InChI=1S/C53H59N7O8S/c1-31-46(33(3)68-58-31)37-22-41(50(54)63)47-40-25-39(18-19-42(40)59(43(47)23-37)27-35-12-8-7-9-13-35)67-21-11-10-20-66-29-45(62)57-49(53(4,5)6)52(65)60-28-38(61)24-44(60)51(64)55-26-34-14-16-36(17-15-34)48-32(2)56-30-69-48/h7-9,12-19,22-23,25,30,38,44,49,61H,10-11,20-21,24,26-29H2,1-6H3,(H2,54,63)(H,55,64)(H,57,62)/t38-,44+,49?/m1/s1. The molecule has 1 aliphatic rings. The lowest BCUT2D eigenvalue weighted by molar-refractivity contribution is -0.144. The van der Waals surface area contributed by atoms with Gasteiger partial charge in [-0.2, -0.15) is 0 Å². The Morgan fingerprint density at radius 1 is 0.913 bits per heavy atom. The van der Waals surface area contributed by atoms with Gasteiger partial charge in [-0.15, -0.1) is 11.3 Å². The van der Waals surface area contributed by atoms with Gasteiger partial charge in [0.15, 0.2) is 0 Å². The van der Waals surface area contributed by atoms with Crippen LogP contribution in [0.3, 0.4) is 0 Å². The summed E-state index contributed by atoms with van der Waals surface area (Å²) >= 11 is 1.57. The Morgan fingerprint density at radius 2 is 1.67 bits per heavy atom. The number of β-amino-alcohol motifs (C(OH)–C–C–N with tert-alkyl or cyclic N) is 1. The van der Waals surface area contributed by atoms with Crippen LogP contribution in [0.5, 0.6) is 5.75 Å². The van der Waals surface area contributed by atoms with Crippen LogP contribution in [-0.4, -0.2) is 92.9 Å². The van der Waals surface area contributed by atoms with Crippen LogP contribution in [0.15, 0.2) is 95.0 Å². The topological polar surface area (TPSA) is 204 Å². The first kappa shape index (κ1) is 48.6. The van der Waals surface area contributed by atoms with Crippen LogP contribution in [0.2, 0.25) is 0 Å². The summed E-state index contributed by atoms with van der Waals surface area (Å²) in [6.45, 7) is 12.4. The number of likely N-dealkylation sites (tertiary alicyclic amines) is 1. The van der Waals surface area contributed by atoms with E-state index in [1.54, 1.807) is 11.3 Å². The minimum Gasteiger partial charge on any atom is -0.494 e. The van der Waals surface area contributed by atoms with Gasteiger partial charge in [0.2, 0.25) is 23.6 Å². The molecular formula is C53H59N7O8S. The van der Waals surface area contributed by atoms with Crippen LogP contribution in [0.4, 0.5) is 0 Å². The van der Waals surface area contributed by atoms with Crippen LogP contribution >= 0.6 is 11.3 Å². The lowest BCUT2D eigenvalue weighted by atomic mass is 9.85. The fourth-order valence-corrected chi connectivity index (χ4v) is 9.92. The fraction of sp³-hybridized carbons (Fsp3) is 0.358. The zero-order chi connectivity index (χ0) is 49.0. The van der Waals surface area contributed by atoms with Gasteiger partial charge in [-0.05, 0) is 91.6 Å². The summed E-state index contributed by atoms with van der Waals surface area (Å²) in [4.78, 5) is 60.7. The van der Waals surface area contributed by atoms with Crippen LogP contribution in [-0.2, 0) is 32.2 Å². The van der Waals surface area contributed by atoms with E-state index >= 15 is 0 Å². The average molecular weight is 954 g/mol. The predicted octanol–water partition coefficient (Wildman–Crippen LogP) is 7.63. The van der Waals surface area contributed by atoms with Crippen molar-refractivity contribution in [1.82, 2.24) is 30.2 Å². The zero-order valence-electron chi connectivity index (χ0n) is 39.8. The van der Waals surface area contributed by atoms with Crippen molar-refractivity contribution in [3.05, 3.63) is 124 Å². The third kappa shape index (κ3) is 10.9. The van der Waals surface area contributed by atoms with Gasteiger partial charge in [0.25, 0.3) is 0 Å². The molecule has 5 N–H and O–H groups in total. The minimum absolute atomic E-state index is 0.0219. The smallest absolute Gasteiger partial charge is 0.249 e. The number of aromatic nitrogens is 3. The highest BCUT2D eigenvalue weighted by Gasteiger charge is 2.44. The van der Waals surface area contributed by atoms with Crippen LogP contribution in [0.1, 0.15) is 78.7 Å². The number of nitrogens with two attached hydrogens (primary N) is 1. The van der Waals surface area contributed by atoms with Crippen molar-refractivity contribution >= 4 is 56.8 Å². The molecule has 0 spiro atoms. The number of hydrogen-bond acceptors (Lipinski definition) is 11. The van der Waals surface area contributed by atoms with Crippen molar-refractivity contribution in [3.8, 4) is 27.3 Å². The molecule has 1 aliphatic heterocycles. The largest absolute Gasteiger partial charge is 0.494 e. The van der Waals surface area contributed by atoms with Crippen LogP contribution in [0.25, 0.3) is 43.4 Å². The Hall–Kier alpha value is -6.88. The number of primary amides is 1. The Morgan fingerprint density at radius 3 is 2.35 bits per heavy atom. The molecule has 1 saturated heterocycles. The number of aliphatic hydroxyl groups excluding tert-OH is 1. The van der Waals surface area contributed by atoms with Gasteiger partial charge >= 0.3 is 0 Å². The summed E-state index contributed by atoms with van der Waals surface area (Å²) < 4.78 is 19.6. The molecule has 1 fully saturated rings. The highest BCUT2D eigenvalue weighted by molar-refractivity contribution is 7.13. The monoisotopic (exact) mass is 953 g/mol. The molecule has 69 heavy (non-hydrogen) atoms. The van der Waals surface area contributed by atoms with Gasteiger partial charge in [0.1, 0.15) is 30.2 Å². The maximum Gasteiger partial charge on any atom is 0.249 e. The van der Waals surface area contributed by atoms with E-state index in [-0.39, 0.29) is 38.6 Å². The lowest BCUT2D eigenvalue weighted by Gasteiger charge is -2.35. The van der Waals surface area contributed by atoms with E-state index < -0.39 is 41.3 Å². The van der Waals surface area contributed by atoms with Crippen LogP contribution in [0, 0.1) is 26.2 Å². The molecule has 15 nitrogen and oxygen atoms in total. The Kier molecular flexibility index (Phi) is 14.6. The van der Waals surface area contributed by atoms with E-state index in [1.807, 2.05) is 114 Å². The number of aryl methyl sites for hydroxylation is 3. The summed E-state index contributed by atoms with van der Waals surface area (Å²) in [6.07, 6.45) is 0.440. The lowest BCUT2D eigenvalue weighted by Crippen LogP contribution is -2.58. The number of benzene rings is 4. The number of thiazole rings is 1. The van der Waals surface area contributed by atoms with Crippen molar-refractivity contribution in [2.75, 3.05) is 26.4 Å². The van der Waals surface area contributed by atoms with Gasteiger partial charge in [0.05, 0.1) is 40.0 Å². The van der Waals surface area contributed by atoms with Crippen LogP contribution < -0.4 is 21.1 Å². The van der Waals surface area contributed by atoms with Crippen molar-refractivity contribution in [3.63, 3.8) is 0 Å². The SMILES string of the molecule is Cc1ncsc1-c1ccc(CNC(=O)[C@@H]2C[C@@H](O)CN2C(=O)C(NC(=O)COCCCCOc2ccc3c(c2)c2c(C(N)=O)cc(-c4c(C)noc4C)cc2n3Cc2ccccc2)C(C)(C)C)cc1.